The standard InChI is InChI=1S/C33H7F4N7/c1-42-25(13-40)31-17-10-18-30(20(12-39)29(17)19(11-38)27(31)15-4-6-21(34)23(36)8-15)33(44-3)28(32(18)26(14-41)43-2)16-5-7-22(35)24(37)9-16/h4-10H/b31-25+,32-26-. The number of allylic oxidation sites excluding steroid dienone is 7. The molecule has 3 aromatic rings. The third-order valence-electron chi connectivity index (χ3n) is 7.00. The van der Waals surface area contributed by atoms with Crippen molar-refractivity contribution in [3.63, 3.8) is 0 Å². The van der Waals surface area contributed by atoms with E-state index >= 15 is 0 Å². The molecule has 0 heterocycles. The van der Waals surface area contributed by atoms with E-state index in [9.17, 15) is 38.6 Å². The van der Waals surface area contributed by atoms with Crippen molar-refractivity contribution in [2.75, 3.05) is 0 Å². The van der Waals surface area contributed by atoms with Crippen LogP contribution in [0.2, 0.25) is 0 Å². The molecule has 0 atom stereocenters. The summed E-state index contributed by atoms with van der Waals surface area (Å²) < 4.78 is 56.4. The Morgan fingerprint density at radius 2 is 1.11 bits per heavy atom. The van der Waals surface area contributed by atoms with Crippen LogP contribution in [0.5, 0.6) is 0 Å². The first-order chi connectivity index (χ1) is 21.2. The average molecular weight is 577 g/mol. The number of fused-ring (bicyclic) bond motifs is 2. The van der Waals surface area contributed by atoms with Gasteiger partial charge in [-0.25, -0.2) is 42.6 Å². The van der Waals surface area contributed by atoms with Crippen LogP contribution in [-0.4, -0.2) is 0 Å². The maximum atomic E-state index is 14.4. The van der Waals surface area contributed by atoms with Crippen molar-refractivity contribution >= 4 is 33.6 Å². The number of hydrogen-bond acceptors (Lipinski definition) is 4. The smallest absolute Gasteiger partial charge is 0.237 e. The van der Waals surface area contributed by atoms with Crippen LogP contribution in [0.15, 0.2) is 53.9 Å². The molecule has 0 saturated carbocycles. The number of nitriles is 4. The maximum Gasteiger partial charge on any atom is 0.270 e. The monoisotopic (exact) mass is 577 g/mol. The van der Waals surface area contributed by atoms with Gasteiger partial charge < -0.3 is 0 Å². The molecule has 0 fully saturated rings. The van der Waals surface area contributed by atoms with E-state index in [4.69, 9.17) is 19.7 Å². The molecule has 0 aliphatic heterocycles. The molecule has 0 unspecified atom stereocenters. The molecule has 0 bridgehead atoms. The van der Waals surface area contributed by atoms with Crippen molar-refractivity contribution in [3.05, 3.63) is 150 Å². The second-order valence-electron chi connectivity index (χ2n) is 9.06. The van der Waals surface area contributed by atoms with Crippen LogP contribution in [0.25, 0.3) is 48.1 Å². The average Bonchev–Trinajstić information content (AvgIpc) is 3.53. The minimum absolute atomic E-state index is 0.0535. The normalized spacial score (nSPS) is 15.0. The fraction of sp³-hybridized carbons (Fsp3) is 0. The highest BCUT2D eigenvalue weighted by Gasteiger charge is 2.40. The third-order valence-corrected chi connectivity index (χ3v) is 7.00. The lowest BCUT2D eigenvalue weighted by Gasteiger charge is -2.14. The molecular weight excluding hydrogens is 570 g/mol. The molecule has 0 N–H and O–H groups in total. The van der Waals surface area contributed by atoms with Gasteiger partial charge in [-0.2, -0.15) is 10.5 Å². The summed E-state index contributed by atoms with van der Waals surface area (Å²) in [7, 11) is 0. The van der Waals surface area contributed by atoms with Gasteiger partial charge in [0, 0.05) is 16.7 Å². The molecule has 2 aliphatic carbocycles. The van der Waals surface area contributed by atoms with Crippen LogP contribution in [-0.2, 0) is 0 Å². The van der Waals surface area contributed by atoms with E-state index in [1.165, 1.54) is 6.07 Å². The fourth-order valence-electron chi connectivity index (χ4n) is 5.32. The highest BCUT2D eigenvalue weighted by atomic mass is 19.2. The lowest BCUT2D eigenvalue weighted by Crippen LogP contribution is -1.99. The summed E-state index contributed by atoms with van der Waals surface area (Å²) in [6, 6.07) is 13.9. The molecule has 2 aliphatic rings. The van der Waals surface area contributed by atoms with Crippen LogP contribution in [0.1, 0.15) is 38.9 Å². The lowest BCUT2D eigenvalue weighted by atomic mass is 9.88. The number of hydrogen-bond donors (Lipinski definition) is 0. The van der Waals surface area contributed by atoms with Crippen LogP contribution in [0, 0.1) is 88.3 Å². The first-order valence-electron chi connectivity index (χ1n) is 12.0. The molecular formula is C33H7F4N7. The first kappa shape index (κ1) is 28.3. The van der Waals surface area contributed by atoms with E-state index in [-0.39, 0.29) is 72.5 Å². The molecule has 7 nitrogen and oxygen atoms in total. The van der Waals surface area contributed by atoms with Gasteiger partial charge in [0.15, 0.2) is 23.3 Å². The van der Waals surface area contributed by atoms with E-state index in [0.29, 0.717) is 0 Å². The number of benzene rings is 3. The molecule has 11 heteroatoms. The number of rotatable bonds is 2. The van der Waals surface area contributed by atoms with Crippen molar-refractivity contribution in [2.24, 2.45) is 0 Å². The van der Waals surface area contributed by atoms with Crippen molar-refractivity contribution in [3.8, 4) is 24.3 Å². The molecule has 0 amide bonds. The Balaban J connectivity index is 2.03. The van der Waals surface area contributed by atoms with Crippen LogP contribution in [0.3, 0.4) is 0 Å². The predicted octanol–water partition coefficient (Wildman–Crippen LogP) is 7.67. The van der Waals surface area contributed by atoms with Gasteiger partial charge in [-0.3, -0.25) is 0 Å². The summed E-state index contributed by atoms with van der Waals surface area (Å²) in [5, 5.41) is 40.5. The van der Waals surface area contributed by atoms with E-state index in [1.807, 2.05) is 12.1 Å². The lowest BCUT2D eigenvalue weighted by molar-refractivity contribution is 0.508. The summed E-state index contributed by atoms with van der Waals surface area (Å²) in [6.07, 6.45) is 0. The third kappa shape index (κ3) is 3.90. The molecule has 0 aromatic heterocycles. The maximum absolute atomic E-state index is 14.4. The highest BCUT2D eigenvalue weighted by molar-refractivity contribution is 6.30. The molecule has 0 spiro atoms. The minimum atomic E-state index is -1.29. The second-order valence-corrected chi connectivity index (χ2v) is 9.06. The van der Waals surface area contributed by atoms with Crippen molar-refractivity contribution in [1.82, 2.24) is 0 Å². The number of nitrogens with zero attached hydrogens (tertiary/aromatic N) is 7. The van der Waals surface area contributed by atoms with Gasteiger partial charge in [-0.15, -0.1) is 0 Å². The van der Waals surface area contributed by atoms with Crippen LogP contribution < -0.4 is 0 Å². The summed E-state index contributed by atoms with van der Waals surface area (Å²) in [4.78, 5) is 10.0. The summed E-state index contributed by atoms with van der Waals surface area (Å²) in [5.41, 5.74) is -3.34. The summed E-state index contributed by atoms with van der Waals surface area (Å²) in [6.45, 7) is 23.2. The van der Waals surface area contributed by atoms with Crippen molar-refractivity contribution in [1.29, 1.82) is 21.0 Å². The van der Waals surface area contributed by atoms with E-state index in [1.54, 1.807) is 12.1 Å². The molecule has 5 rings (SSSR count). The Bertz CT molecular complexity index is 2160. The second kappa shape index (κ2) is 10.6. The summed E-state index contributed by atoms with van der Waals surface area (Å²) in [5.74, 6) is -4.98. The van der Waals surface area contributed by atoms with Gasteiger partial charge >= 0.3 is 0 Å². The Morgan fingerprint density at radius 1 is 0.614 bits per heavy atom. The van der Waals surface area contributed by atoms with E-state index in [0.717, 1.165) is 36.4 Å². The summed E-state index contributed by atoms with van der Waals surface area (Å²) >= 11 is 0. The molecule has 44 heavy (non-hydrogen) atoms. The Labute approximate surface area is 246 Å². The quantitative estimate of drug-likeness (QED) is 0.177. The molecule has 0 saturated heterocycles. The van der Waals surface area contributed by atoms with Gasteiger partial charge in [0.25, 0.3) is 11.4 Å². The highest BCUT2D eigenvalue weighted by Crippen LogP contribution is 2.56. The first-order valence-corrected chi connectivity index (χ1v) is 12.0. The van der Waals surface area contributed by atoms with Crippen LogP contribution in [0.4, 0.5) is 17.6 Å². The Morgan fingerprint density at radius 3 is 1.55 bits per heavy atom. The SMILES string of the molecule is [C-]#[N+]C1=C(c2ccc(F)c(F)c2)/C(=C(/C#N)[N+]#[C-])c2cc3c(c(C#N)c21)C(C#N)=C(c1ccc(F)c(F)c1)/C3=C(\C#N)[N+]#[C-]. The van der Waals surface area contributed by atoms with Gasteiger partial charge in [0.2, 0.25) is 5.70 Å². The van der Waals surface area contributed by atoms with E-state index in [2.05, 4.69) is 14.5 Å². The topological polar surface area (TPSA) is 108 Å². The van der Waals surface area contributed by atoms with E-state index < -0.39 is 34.7 Å². The van der Waals surface area contributed by atoms with Crippen LogP contribution >= 0.6 is 0 Å². The van der Waals surface area contributed by atoms with Gasteiger partial charge in [0.05, 0.1) is 49.1 Å². The molecule has 0 radical (unpaired) electrons. The molecule has 3 aromatic carbocycles. The molecule has 202 valence electrons. The Hall–Kier alpha value is -7.23. The fourth-order valence-corrected chi connectivity index (χ4v) is 5.32. The van der Waals surface area contributed by atoms with Gasteiger partial charge in [-0.1, -0.05) is 12.1 Å². The van der Waals surface area contributed by atoms with Crippen molar-refractivity contribution in [2.45, 2.75) is 0 Å². The van der Waals surface area contributed by atoms with Gasteiger partial charge in [0.1, 0.15) is 6.07 Å². The van der Waals surface area contributed by atoms with Crippen molar-refractivity contribution < 1.29 is 17.6 Å². The largest absolute Gasteiger partial charge is 0.270 e. The zero-order valence-electron chi connectivity index (χ0n) is 21.7. The zero-order valence-corrected chi connectivity index (χ0v) is 21.7. The number of halogens is 4. The zero-order chi connectivity index (χ0) is 31.9. The Kier molecular flexibility index (Phi) is 6.84. The van der Waals surface area contributed by atoms with Gasteiger partial charge in [-0.05, 0) is 69.3 Å². The predicted molar refractivity (Wildman–Crippen MR) is 148 cm³/mol. The minimum Gasteiger partial charge on any atom is -0.237 e.